The number of benzene rings is 6. The van der Waals surface area contributed by atoms with E-state index in [0.29, 0.717) is 74.9 Å². The van der Waals surface area contributed by atoms with Crippen molar-refractivity contribution >= 4 is 0 Å². The average Bonchev–Trinajstić information content (AvgIpc) is 3.18. The second-order valence-corrected chi connectivity index (χ2v) is 16.7. The number of phenols is 8. The molecule has 0 aromatic heterocycles. The Morgan fingerprint density at radius 2 is 0.542 bits per heavy atom. The summed E-state index contributed by atoms with van der Waals surface area (Å²) in [5.74, 6) is 0.624. The van der Waals surface area contributed by atoms with Gasteiger partial charge in [0.2, 0.25) is 0 Å². The Balaban J connectivity index is 1.35. The van der Waals surface area contributed by atoms with Crippen molar-refractivity contribution in [1.29, 1.82) is 0 Å². The lowest BCUT2D eigenvalue weighted by molar-refractivity contribution is 0.434. The lowest BCUT2D eigenvalue weighted by Crippen LogP contribution is -2.06. The van der Waals surface area contributed by atoms with Crippen LogP contribution in [0.5, 0.6) is 46.0 Å². The minimum Gasteiger partial charge on any atom is -0.508 e. The Labute approximate surface area is 347 Å². The predicted molar refractivity (Wildman–Crippen MR) is 233 cm³/mol. The van der Waals surface area contributed by atoms with Crippen molar-refractivity contribution in [2.45, 2.75) is 101 Å². The second kappa shape index (κ2) is 16.2. The van der Waals surface area contributed by atoms with Crippen LogP contribution in [0.15, 0.2) is 48.5 Å². The Morgan fingerprint density at radius 3 is 0.881 bits per heavy atom. The highest BCUT2D eigenvalue weighted by molar-refractivity contribution is 5.61. The van der Waals surface area contributed by atoms with E-state index in [1.807, 2.05) is 79.7 Å². The molecule has 0 aliphatic carbocycles. The van der Waals surface area contributed by atoms with Gasteiger partial charge in [-0.25, -0.2) is 0 Å². The highest BCUT2D eigenvalue weighted by Crippen LogP contribution is 2.42. The van der Waals surface area contributed by atoms with Gasteiger partial charge in [0.1, 0.15) is 46.0 Å². The van der Waals surface area contributed by atoms with E-state index in [1.54, 1.807) is 38.1 Å². The third-order valence-electron chi connectivity index (χ3n) is 12.5. The molecule has 0 spiro atoms. The second-order valence-electron chi connectivity index (χ2n) is 16.7. The highest BCUT2D eigenvalue weighted by atomic mass is 16.3. The molecule has 6 aromatic carbocycles. The average molecular weight is 797 g/mol. The number of hydrogen-bond acceptors (Lipinski definition) is 8. The maximum Gasteiger partial charge on any atom is 0.125 e. The monoisotopic (exact) mass is 796 g/mol. The van der Waals surface area contributed by atoms with Gasteiger partial charge in [-0.15, -0.1) is 0 Å². The molecule has 0 fully saturated rings. The minimum absolute atomic E-state index is 0.00534. The van der Waals surface area contributed by atoms with Crippen molar-refractivity contribution in [2.24, 2.45) is 0 Å². The summed E-state index contributed by atoms with van der Waals surface area (Å²) in [6.07, 6.45) is 1.68. The molecule has 0 saturated carbocycles. The predicted octanol–water partition coefficient (Wildman–Crippen LogP) is 10.4. The third kappa shape index (κ3) is 8.09. The summed E-state index contributed by atoms with van der Waals surface area (Å²) in [6, 6.07) is 14.7. The van der Waals surface area contributed by atoms with Gasteiger partial charge >= 0.3 is 0 Å². The smallest absolute Gasteiger partial charge is 0.125 e. The van der Waals surface area contributed by atoms with Crippen LogP contribution in [-0.4, -0.2) is 40.9 Å². The number of phenolic OH excluding ortho intramolecular Hbond substituents is 8. The molecule has 59 heavy (non-hydrogen) atoms. The topological polar surface area (TPSA) is 162 Å². The van der Waals surface area contributed by atoms with Crippen LogP contribution in [0.3, 0.4) is 0 Å². The first-order chi connectivity index (χ1) is 27.7. The molecule has 0 aliphatic rings. The van der Waals surface area contributed by atoms with Crippen molar-refractivity contribution in [3.05, 3.63) is 160 Å². The SMILES string of the molecule is Cc1cc(Cc2cc(Cc3c(C)c(Cc4cc(C)c(O)c(Cc5cc(Cc6cc(C)c(O)cc6C)c(O)c(C)c5O)c4C)cc(C)c3O)c(O)c(C)c2O)c(C)cc1O. The quantitative estimate of drug-likeness (QED) is 0.0680. The maximum atomic E-state index is 11.5. The van der Waals surface area contributed by atoms with Gasteiger partial charge in [-0.3, -0.25) is 0 Å². The zero-order valence-corrected chi connectivity index (χ0v) is 35.7. The molecule has 0 saturated heterocycles. The molecular weight excluding hydrogens is 741 g/mol. The molecule has 0 amide bonds. The van der Waals surface area contributed by atoms with E-state index in [1.165, 1.54) is 0 Å². The van der Waals surface area contributed by atoms with Crippen molar-refractivity contribution in [3.8, 4) is 46.0 Å². The molecule has 0 radical (unpaired) electrons. The Kier molecular flexibility index (Phi) is 11.6. The highest BCUT2D eigenvalue weighted by Gasteiger charge is 2.23. The summed E-state index contributed by atoms with van der Waals surface area (Å²) < 4.78 is 0. The van der Waals surface area contributed by atoms with Gasteiger partial charge in [0, 0.05) is 47.9 Å². The summed E-state index contributed by atoms with van der Waals surface area (Å²) in [7, 11) is 0. The number of aryl methyl sites for hydroxylation is 6. The molecule has 8 heteroatoms. The van der Waals surface area contributed by atoms with Gasteiger partial charge in [0.15, 0.2) is 0 Å². The fourth-order valence-corrected chi connectivity index (χ4v) is 8.41. The van der Waals surface area contributed by atoms with E-state index in [4.69, 9.17) is 0 Å². The van der Waals surface area contributed by atoms with Gasteiger partial charge in [0.25, 0.3) is 0 Å². The zero-order valence-electron chi connectivity index (χ0n) is 35.7. The molecule has 0 heterocycles. The molecule has 0 unspecified atom stereocenters. The largest absolute Gasteiger partial charge is 0.508 e. The molecule has 308 valence electrons. The summed E-state index contributed by atoms with van der Waals surface area (Å²) in [5, 5.41) is 88.2. The summed E-state index contributed by atoms with van der Waals surface area (Å²) in [6.45, 7) is 18.4. The first-order valence-corrected chi connectivity index (χ1v) is 19.9. The van der Waals surface area contributed by atoms with E-state index in [-0.39, 0.29) is 58.8 Å². The van der Waals surface area contributed by atoms with Crippen LogP contribution in [0, 0.1) is 69.2 Å². The Morgan fingerprint density at radius 1 is 0.254 bits per heavy atom. The number of aromatic hydroxyl groups is 8. The number of rotatable bonds is 10. The van der Waals surface area contributed by atoms with Crippen molar-refractivity contribution in [1.82, 2.24) is 0 Å². The molecular formula is C51H56O8. The van der Waals surface area contributed by atoms with Crippen LogP contribution in [0.4, 0.5) is 0 Å². The van der Waals surface area contributed by atoms with Crippen molar-refractivity contribution in [2.75, 3.05) is 0 Å². The third-order valence-corrected chi connectivity index (χ3v) is 12.5. The van der Waals surface area contributed by atoms with Gasteiger partial charge in [-0.05, 0) is 189 Å². The maximum absolute atomic E-state index is 11.5. The van der Waals surface area contributed by atoms with Gasteiger partial charge in [0.05, 0.1) is 0 Å². The van der Waals surface area contributed by atoms with E-state index in [9.17, 15) is 40.9 Å². The molecule has 8 nitrogen and oxygen atoms in total. The van der Waals surface area contributed by atoms with Crippen LogP contribution in [0.25, 0.3) is 0 Å². The Bertz CT molecular complexity index is 2490. The van der Waals surface area contributed by atoms with Crippen molar-refractivity contribution in [3.63, 3.8) is 0 Å². The standard InChI is InChI=1S/C51H56O8/c1-24-15-44(52)26(3)11-34(24)17-38-20-40(50(58)32(9)48(38)56)22-42-30(7)36(13-28(5)46(42)54)19-37-14-29(6)47(55)43(31(37)8)23-41-21-39(49(57)33(10)51(41)59)18-35-12-27(4)45(53)16-25(35)2/h11-16,20-21,52-59H,17-19,22-23H2,1-10H3. The summed E-state index contributed by atoms with van der Waals surface area (Å²) in [4.78, 5) is 0. The van der Waals surface area contributed by atoms with Gasteiger partial charge < -0.3 is 40.9 Å². The van der Waals surface area contributed by atoms with Crippen molar-refractivity contribution < 1.29 is 40.9 Å². The van der Waals surface area contributed by atoms with E-state index in [0.717, 1.165) is 55.6 Å². The van der Waals surface area contributed by atoms with E-state index in [2.05, 4.69) is 0 Å². The van der Waals surface area contributed by atoms with Crippen LogP contribution < -0.4 is 0 Å². The fraction of sp³-hybridized carbons (Fsp3) is 0.294. The first-order valence-electron chi connectivity index (χ1n) is 19.9. The summed E-state index contributed by atoms with van der Waals surface area (Å²) >= 11 is 0. The Hall–Kier alpha value is -6.28. The van der Waals surface area contributed by atoms with Crippen LogP contribution in [0.2, 0.25) is 0 Å². The van der Waals surface area contributed by atoms with E-state index >= 15 is 0 Å². The van der Waals surface area contributed by atoms with Gasteiger partial charge in [-0.1, -0.05) is 24.3 Å². The molecule has 6 rings (SSSR count). The summed E-state index contributed by atoms with van der Waals surface area (Å²) in [5.41, 5.74) is 14.5. The van der Waals surface area contributed by atoms with Crippen LogP contribution in [0.1, 0.15) is 111 Å². The minimum atomic E-state index is -0.0365. The molecule has 0 bridgehead atoms. The zero-order chi connectivity index (χ0) is 43.4. The first kappa shape index (κ1) is 42.3. The molecule has 8 N–H and O–H groups in total. The molecule has 0 aliphatic heterocycles. The van der Waals surface area contributed by atoms with Crippen LogP contribution >= 0.6 is 0 Å². The van der Waals surface area contributed by atoms with Crippen LogP contribution in [-0.2, 0) is 32.1 Å². The lowest BCUT2D eigenvalue weighted by atomic mass is 9.85. The molecule has 0 atom stereocenters. The van der Waals surface area contributed by atoms with Gasteiger partial charge in [-0.2, -0.15) is 0 Å². The molecule has 6 aromatic rings. The van der Waals surface area contributed by atoms with E-state index < -0.39 is 0 Å². The fourth-order valence-electron chi connectivity index (χ4n) is 8.41. The lowest BCUT2D eigenvalue weighted by Gasteiger charge is -2.21. The number of hydrogen-bond donors (Lipinski definition) is 8. The normalized spacial score (nSPS) is 11.4.